The highest BCUT2D eigenvalue weighted by atomic mass is 16.5. The molecule has 2 aromatic heterocycles. The van der Waals surface area contributed by atoms with Crippen molar-refractivity contribution in [3.63, 3.8) is 0 Å². The van der Waals surface area contributed by atoms with Crippen LogP contribution < -0.4 is 14.8 Å². The highest BCUT2D eigenvalue weighted by Crippen LogP contribution is 2.39. The minimum Gasteiger partial charge on any atom is -0.481 e. The van der Waals surface area contributed by atoms with Crippen molar-refractivity contribution in [3.8, 4) is 11.8 Å². The number of nitrogens with one attached hydrogen (secondary N) is 1. The predicted octanol–water partition coefficient (Wildman–Crippen LogP) is 4.28. The molecule has 6 heteroatoms. The van der Waals surface area contributed by atoms with Gasteiger partial charge < -0.3 is 14.8 Å². The number of methoxy groups -OCH3 is 2. The average Bonchev–Trinajstić information content (AvgIpc) is 2.77. The molecule has 3 rings (SSSR count). The third kappa shape index (κ3) is 4.86. The van der Waals surface area contributed by atoms with Crippen LogP contribution in [0.25, 0.3) is 0 Å². The molecule has 2 aromatic rings. The van der Waals surface area contributed by atoms with Gasteiger partial charge in [-0.1, -0.05) is 6.92 Å². The van der Waals surface area contributed by atoms with E-state index in [1.807, 2.05) is 6.20 Å². The molecule has 0 radical (unpaired) electrons. The molecule has 1 fully saturated rings. The summed E-state index contributed by atoms with van der Waals surface area (Å²) >= 11 is 0. The topological polar surface area (TPSA) is 73.3 Å². The van der Waals surface area contributed by atoms with E-state index in [0.717, 1.165) is 43.5 Å². The molecular weight excluding hydrogens is 366 g/mol. The van der Waals surface area contributed by atoms with Crippen molar-refractivity contribution in [2.45, 2.75) is 57.9 Å². The monoisotopic (exact) mass is 397 g/mol. The third-order valence-corrected chi connectivity index (χ3v) is 6.14. The number of amides is 1. The van der Waals surface area contributed by atoms with Gasteiger partial charge in [0.2, 0.25) is 11.8 Å². The summed E-state index contributed by atoms with van der Waals surface area (Å²) in [6, 6.07) is 5.77. The summed E-state index contributed by atoms with van der Waals surface area (Å²) in [5, 5.41) is 3.22. The average molecular weight is 398 g/mol. The molecule has 29 heavy (non-hydrogen) atoms. The van der Waals surface area contributed by atoms with Crippen molar-refractivity contribution in [2.24, 2.45) is 5.92 Å². The van der Waals surface area contributed by atoms with Gasteiger partial charge >= 0.3 is 0 Å². The second-order valence-corrected chi connectivity index (χ2v) is 7.72. The molecule has 1 atom stereocenters. The summed E-state index contributed by atoms with van der Waals surface area (Å²) in [4.78, 5) is 21.1. The highest BCUT2D eigenvalue weighted by molar-refractivity contribution is 5.94. The van der Waals surface area contributed by atoms with Crippen LogP contribution >= 0.6 is 0 Å². The first-order valence-electron chi connectivity index (χ1n) is 10.4. The fourth-order valence-electron chi connectivity index (χ4n) is 4.45. The van der Waals surface area contributed by atoms with Gasteiger partial charge in [-0.25, -0.2) is 9.97 Å². The van der Waals surface area contributed by atoms with Gasteiger partial charge in [0.25, 0.3) is 5.91 Å². The molecule has 1 aliphatic carbocycles. The Morgan fingerprint density at radius 1 is 1.14 bits per heavy atom. The van der Waals surface area contributed by atoms with Gasteiger partial charge in [0.15, 0.2) is 0 Å². The molecule has 0 saturated heterocycles. The molecule has 0 spiro atoms. The first kappa shape index (κ1) is 21.1. The van der Waals surface area contributed by atoms with Crippen LogP contribution in [-0.2, 0) is 0 Å². The van der Waals surface area contributed by atoms with Gasteiger partial charge in [-0.2, -0.15) is 0 Å². The van der Waals surface area contributed by atoms with Crippen molar-refractivity contribution in [3.05, 3.63) is 47.3 Å². The van der Waals surface area contributed by atoms with E-state index in [4.69, 9.17) is 9.47 Å². The van der Waals surface area contributed by atoms with Gasteiger partial charge in [0, 0.05) is 30.1 Å². The van der Waals surface area contributed by atoms with Crippen molar-refractivity contribution in [2.75, 3.05) is 14.2 Å². The van der Waals surface area contributed by atoms with E-state index < -0.39 is 0 Å². The van der Waals surface area contributed by atoms with Crippen LogP contribution in [0, 0.1) is 12.8 Å². The molecule has 1 aliphatic rings. The molecule has 1 N–H and O–H groups in total. The molecule has 0 aliphatic heterocycles. The number of ether oxygens (including phenoxy) is 2. The summed E-state index contributed by atoms with van der Waals surface area (Å²) < 4.78 is 10.4. The van der Waals surface area contributed by atoms with Crippen molar-refractivity contribution in [1.82, 2.24) is 15.3 Å². The Labute approximate surface area is 173 Å². The number of hydrogen-bond acceptors (Lipinski definition) is 5. The quantitative estimate of drug-likeness (QED) is 0.755. The Morgan fingerprint density at radius 3 is 2.48 bits per heavy atom. The number of rotatable bonds is 7. The maximum absolute atomic E-state index is 12.6. The summed E-state index contributed by atoms with van der Waals surface area (Å²) in [6.07, 6.45) is 8.78. The van der Waals surface area contributed by atoms with E-state index in [2.05, 4.69) is 35.2 Å². The fraction of sp³-hybridized carbons (Fsp3) is 0.522. The molecule has 6 nitrogen and oxygen atoms in total. The first-order valence-corrected chi connectivity index (χ1v) is 10.4. The second kappa shape index (κ2) is 9.72. The van der Waals surface area contributed by atoms with E-state index in [-0.39, 0.29) is 11.9 Å². The van der Waals surface area contributed by atoms with Crippen LogP contribution in [0.4, 0.5) is 0 Å². The maximum atomic E-state index is 12.6. The van der Waals surface area contributed by atoms with E-state index in [0.29, 0.717) is 23.3 Å². The molecule has 1 saturated carbocycles. The van der Waals surface area contributed by atoms with E-state index >= 15 is 0 Å². The van der Waals surface area contributed by atoms with Crippen LogP contribution in [0.5, 0.6) is 11.8 Å². The maximum Gasteiger partial charge on any atom is 0.253 e. The lowest BCUT2D eigenvalue weighted by Gasteiger charge is -2.34. The van der Waals surface area contributed by atoms with Crippen LogP contribution in [0.2, 0.25) is 0 Å². The molecule has 1 unspecified atom stereocenters. The zero-order valence-electron chi connectivity index (χ0n) is 17.8. The molecule has 156 valence electrons. The zero-order chi connectivity index (χ0) is 20.8. The first-order chi connectivity index (χ1) is 14.1. The summed E-state index contributed by atoms with van der Waals surface area (Å²) in [6.45, 7) is 4.23. The number of pyridine rings is 2. The molecule has 1 amide bonds. The zero-order valence-corrected chi connectivity index (χ0v) is 17.8. The Hall–Kier alpha value is -2.63. The Balaban J connectivity index is 1.60. The number of carbonyl (C=O) groups is 1. The lowest BCUT2D eigenvalue weighted by Crippen LogP contribution is -2.41. The number of nitrogens with zero attached hydrogens (tertiary/aromatic N) is 2. The SMILES string of the molecule is CCC(NC(=O)c1ccc(OC)nc1)C1CCC(c2ccnc(OC)c2C)CC1. The Bertz CT molecular complexity index is 815. The fourth-order valence-corrected chi connectivity index (χ4v) is 4.45. The number of carbonyl (C=O) groups excluding carboxylic acids is 1. The molecular formula is C23H31N3O3. The van der Waals surface area contributed by atoms with Crippen molar-refractivity contribution in [1.29, 1.82) is 0 Å². The minimum atomic E-state index is -0.0659. The normalized spacial score (nSPS) is 20.0. The predicted molar refractivity (Wildman–Crippen MR) is 113 cm³/mol. The third-order valence-electron chi connectivity index (χ3n) is 6.14. The minimum absolute atomic E-state index is 0.0659. The summed E-state index contributed by atoms with van der Waals surface area (Å²) in [5.41, 5.74) is 3.06. The van der Waals surface area contributed by atoms with Gasteiger partial charge in [0.05, 0.1) is 19.8 Å². The molecule has 2 heterocycles. The van der Waals surface area contributed by atoms with E-state index in [1.165, 1.54) is 5.56 Å². The van der Waals surface area contributed by atoms with E-state index in [1.54, 1.807) is 32.5 Å². The molecule has 0 aromatic carbocycles. The standard InChI is InChI=1S/C23H31N3O3/c1-5-20(26-22(27)18-10-11-21(28-3)25-14-18)17-8-6-16(7-9-17)19-12-13-24-23(29-4)15(19)2/h10-14,16-17,20H,5-9H2,1-4H3,(H,26,27). The van der Waals surface area contributed by atoms with Crippen LogP contribution in [-0.4, -0.2) is 36.1 Å². The number of aromatic nitrogens is 2. The Morgan fingerprint density at radius 2 is 1.90 bits per heavy atom. The number of hydrogen-bond donors (Lipinski definition) is 1. The smallest absolute Gasteiger partial charge is 0.253 e. The summed E-state index contributed by atoms with van der Waals surface area (Å²) in [7, 11) is 3.23. The lowest BCUT2D eigenvalue weighted by atomic mass is 9.75. The van der Waals surface area contributed by atoms with Crippen LogP contribution in [0.15, 0.2) is 30.6 Å². The largest absolute Gasteiger partial charge is 0.481 e. The van der Waals surface area contributed by atoms with Gasteiger partial charge in [-0.3, -0.25) is 4.79 Å². The Kier molecular flexibility index (Phi) is 7.07. The van der Waals surface area contributed by atoms with Crippen molar-refractivity contribution < 1.29 is 14.3 Å². The van der Waals surface area contributed by atoms with Gasteiger partial charge in [-0.05, 0) is 68.6 Å². The van der Waals surface area contributed by atoms with Gasteiger partial charge in [0.1, 0.15) is 0 Å². The molecule has 0 bridgehead atoms. The highest BCUT2D eigenvalue weighted by Gasteiger charge is 2.29. The van der Waals surface area contributed by atoms with Crippen LogP contribution in [0.1, 0.15) is 66.4 Å². The summed E-state index contributed by atoms with van der Waals surface area (Å²) in [5.74, 6) is 2.19. The van der Waals surface area contributed by atoms with E-state index in [9.17, 15) is 4.79 Å². The lowest BCUT2D eigenvalue weighted by molar-refractivity contribution is 0.0909. The second-order valence-electron chi connectivity index (χ2n) is 7.72. The van der Waals surface area contributed by atoms with Crippen LogP contribution in [0.3, 0.4) is 0 Å². The van der Waals surface area contributed by atoms with Gasteiger partial charge in [-0.15, -0.1) is 0 Å². The van der Waals surface area contributed by atoms with Crippen molar-refractivity contribution >= 4 is 5.91 Å².